The van der Waals surface area contributed by atoms with Gasteiger partial charge in [-0.25, -0.2) is 0 Å². The molecular weight excluding hydrogens is 230 g/mol. The van der Waals surface area contributed by atoms with Gasteiger partial charge in [0.2, 0.25) is 5.82 Å². The van der Waals surface area contributed by atoms with Gasteiger partial charge in [0, 0.05) is 12.5 Å². The van der Waals surface area contributed by atoms with Crippen molar-refractivity contribution in [3.63, 3.8) is 0 Å². The van der Waals surface area contributed by atoms with Crippen LogP contribution >= 0.6 is 0 Å². The van der Waals surface area contributed by atoms with E-state index in [1.807, 2.05) is 18.2 Å². The molecule has 5 heteroatoms. The maximum Gasteiger partial charge on any atom is 0.321 e. The summed E-state index contributed by atoms with van der Waals surface area (Å²) >= 11 is 0. The highest BCUT2D eigenvalue weighted by molar-refractivity contribution is 5.38. The van der Waals surface area contributed by atoms with E-state index in [0.29, 0.717) is 17.9 Å². The topological polar surface area (TPSA) is 60.2 Å². The van der Waals surface area contributed by atoms with Gasteiger partial charge in [-0.05, 0) is 24.5 Å². The van der Waals surface area contributed by atoms with Gasteiger partial charge in [0.1, 0.15) is 5.75 Å². The number of nitrogens with zero attached hydrogens (tertiary/aromatic N) is 2. The second kappa shape index (κ2) is 3.73. The summed E-state index contributed by atoms with van der Waals surface area (Å²) in [6.07, 6.45) is 3.05. The van der Waals surface area contributed by atoms with Crippen molar-refractivity contribution in [2.24, 2.45) is 0 Å². The minimum Gasteiger partial charge on any atom is -0.482 e. The zero-order chi connectivity index (χ0) is 11.9. The van der Waals surface area contributed by atoms with Gasteiger partial charge in [-0.15, -0.1) is 0 Å². The molecule has 5 nitrogen and oxygen atoms in total. The number of nitrogens with one attached hydrogen (secondary N) is 1. The molecule has 0 spiro atoms. The van der Waals surface area contributed by atoms with E-state index in [4.69, 9.17) is 9.26 Å². The Hall–Kier alpha value is -2.04. The summed E-state index contributed by atoms with van der Waals surface area (Å²) in [6, 6.07) is 9.04. The summed E-state index contributed by atoms with van der Waals surface area (Å²) in [5.41, 5.74) is 1.20. The maximum absolute atomic E-state index is 5.81. The lowest BCUT2D eigenvalue weighted by molar-refractivity contribution is 0.221. The Labute approximate surface area is 104 Å². The van der Waals surface area contributed by atoms with Crippen molar-refractivity contribution in [2.75, 3.05) is 5.32 Å². The third-order valence-electron chi connectivity index (χ3n) is 3.28. The quantitative estimate of drug-likeness (QED) is 0.896. The van der Waals surface area contributed by atoms with Crippen molar-refractivity contribution in [1.29, 1.82) is 0 Å². The van der Waals surface area contributed by atoms with E-state index in [1.165, 1.54) is 18.4 Å². The molecule has 1 aliphatic carbocycles. The predicted octanol–water partition coefficient (Wildman–Crippen LogP) is 2.32. The third kappa shape index (κ3) is 1.72. The van der Waals surface area contributed by atoms with E-state index >= 15 is 0 Å². The molecule has 18 heavy (non-hydrogen) atoms. The molecule has 0 amide bonds. The number of anilines is 1. The second-order valence-electron chi connectivity index (χ2n) is 4.79. The summed E-state index contributed by atoms with van der Waals surface area (Å²) in [6.45, 7) is 0. The van der Waals surface area contributed by atoms with Crippen LogP contribution in [0.15, 0.2) is 28.8 Å². The largest absolute Gasteiger partial charge is 0.482 e. The van der Waals surface area contributed by atoms with E-state index in [-0.39, 0.29) is 6.10 Å². The molecular formula is C13H13N3O2. The molecule has 2 heterocycles. The molecule has 2 aromatic rings. The number of benzene rings is 1. The number of hydrogen-bond donors (Lipinski definition) is 1. The molecule has 1 saturated carbocycles. The monoisotopic (exact) mass is 243 g/mol. The van der Waals surface area contributed by atoms with Crippen LogP contribution in [0.25, 0.3) is 0 Å². The van der Waals surface area contributed by atoms with Gasteiger partial charge in [0.05, 0.1) is 0 Å². The number of rotatable bonds is 3. The molecule has 0 saturated heterocycles. The lowest BCUT2D eigenvalue weighted by Gasteiger charge is -2.04. The van der Waals surface area contributed by atoms with Crippen molar-refractivity contribution in [2.45, 2.75) is 31.4 Å². The molecule has 0 radical (unpaired) electrons. The van der Waals surface area contributed by atoms with Gasteiger partial charge < -0.3 is 14.6 Å². The van der Waals surface area contributed by atoms with E-state index in [0.717, 1.165) is 12.2 Å². The molecule has 1 aromatic carbocycles. The Bertz CT molecular complexity index is 552. The van der Waals surface area contributed by atoms with Crippen LogP contribution in [0.5, 0.6) is 5.75 Å². The lowest BCUT2D eigenvalue weighted by Crippen LogP contribution is -2.06. The fraction of sp³-hybridized carbons (Fsp3) is 0.385. The number of hydrogen-bond acceptors (Lipinski definition) is 5. The molecule has 1 fully saturated rings. The highest BCUT2D eigenvalue weighted by Crippen LogP contribution is 2.35. The zero-order valence-corrected chi connectivity index (χ0v) is 9.80. The summed E-state index contributed by atoms with van der Waals surface area (Å²) in [7, 11) is 0. The van der Waals surface area contributed by atoms with Crippen molar-refractivity contribution in [3.8, 4) is 5.75 Å². The molecule has 4 rings (SSSR count). The van der Waals surface area contributed by atoms with Crippen molar-refractivity contribution >= 4 is 6.01 Å². The molecule has 0 bridgehead atoms. The third-order valence-corrected chi connectivity index (χ3v) is 3.28. The van der Waals surface area contributed by atoms with Crippen LogP contribution in [0.1, 0.15) is 30.3 Å². The molecule has 1 unspecified atom stereocenters. The predicted molar refractivity (Wildman–Crippen MR) is 64.5 cm³/mol. The Kier molecular flexibility index (Phi) is 2.06. The first kappa shape index (κ1) is 9.94. The van der Waals surface area contributed by atoms with Crippen LogP contribution in [0.3, 0.4) is 0 Å². The molecule has 1 aliphatic heterocycles. The first-order valence-corrected chi connectivity index (χ1v) is 6.23. The van der Waals surface area contributed by atoms with Crippen molar-refractivity contribution in [1.82, 2.24) is 10.1 Å². The minimum atomic E-state index is -0.124. The highest BCUT2D eigenvalue weighted by Gasteiger charge is 2.29. The number of ether oxygens (including phenoxy) is 1. The average molecular weight is 243 g/mol. The first-order chi connectivity index (χ1) is 8.88. The fourth-order valence-corrected chi connectivity index (χ4v) is 2.15. The van der Waals surface area contributed by atoms with Gasteiger partial charge >= 0.3 is 6.01 Å². The molecule has 1 aromatic heterocycles. The first-order valence-electron chi connectivity index (χ1n) is 6.23. The van der Waals surface area contributed by atoms with Crippen LogP contribution < -0.4 is 10.1 Å². The van der Waals surface area contributed by atoms with Gasteiger partial charge in [-0.3, -0.25) is 0 Å². The van der Waals surface area contributed by atoms with Crippen LogP contribution in [0, 0.1) is 0 Å². The van der Waals surface area contributed by atoms with E-state index in [2.05, 4.69) is 21.5 Å². The van der Waals surface area contributed by atoms with Gasteiger partial charge in [-0.2, -0.15) is 4.98 Å². The van der Waals surface area contributed by atoms with E-state index in [9.17, 15) is 0 Å². The Morgan fingerprint density at radius 1 is 1.22 bits per heavy atom. The Morgan fingerprint density at radius 3 is 2.94 bits per heavy atom. The summed E-state index contributed by atoms with van der Waals surface area (Å²) in [5, 5.41) is 7.17. The number of fused-ring (bicyclic) bond motifs is 1. The second-order valence-corrected chi connectivity index (χ2v) is 4.79. The summed E-state index contributed by atoms with van der Waals surface area (Å²) in [4.78, 5) is 4.34. The zero-order valence-electron chi connectivity index (χ0n) is 9.80. The molecule has 1 N–H and O–H groups in total. The van der Waals surface area contributed by atoms with Crippen LogP contribution in [0.4, 0.5) is 6.01 Å². The van der Waals surface area contributed by atoms with Crippen LogP contribution in [0.2, 0.25) is 0 Å². The average Bonchev–Trinajstić information content (AvgIpc) is 2.92. The summed E-state index contributed by atoms with van der Waals surface area (Å²) < 4.78 is 11.0. The molecule has 2 aliphatic rings. The van der Waals surface area contributed by atoms with Gasteiger partial charge in [-0.1, -0.05) is 23.4 Å². The highest BCUT2D eigenvalue weighted by atomic mass is 16.5. The molecule has 92 valence electrons. The van der Waals surface area contributed by atoms with E-state index < -0.39 is 0 Å². The standard InChI is InChI=1S/C13H13N3O2/c1-2-4-10-8(3-1)7-11(17-10)12-15-13(18-16-12)14-9-5-6-9/h1-4,9,11H,5-7H2,(H,14,15,16). The van der Waals surface area contributed by atoms with Crippen molar-refractivity contribution in [3.05, 3.63) is 35.7 Å². The van der Waals surface area contributed by atoms with Gasteiger partial charge in [0.25, 0.3) is 0 Å². The summed E-state index contributed by atoms with van der Waals surface area (Å²) in [5.74, 6) is 1.54. The Balaban J connectivity index is 1.53. The lowest BCUT2D eigenvalue weighted by atomic mass is 10.1. The normalized spacial score (nSPS) is 21.4. The maximum atomic E-state index is 5.81. The Morgan fingerprint density at radius 2 is 2.11 bits per heavy atom. The van der Waals surface area contributed by atoms with Gasteiger partial charge in [0.15, 0.2) is 6.10 Å². The van der Waals surface area contributed by atoms with Crippen LogP contribution in [-0.2, 0) is 6.42 Å². The SMILES string of the molecule is c1ccc2c(c1)CC(c1noc(NC3CC3)n1)O2. The fourth-order valence-electron chi connectivity index (χ4n) is 2.15. The minimum absolute atomic E-state index is 0.124. The smallest absolute Gasteiger partial charge is 0.321 e. The molecule has 1 atom stereocenters. The number of aromatic nitrogens is 2. The number of para-hydroxylation sites is 1. The van der Waals surface area contributed by atoms with Crippen LogP contribution in [-0.4, -0.2) is 16.2 Å². The van der Waals surface area contributed by atoms with Crippen molar-refractivity contribution < 1.29 is 9.26 Å². The van der Waals surface area contributed by atoms with E-state index in [1.54, 1.807) is 0 Å².